The molecule has 230 valence electrons. The van der Waals surface area contributed by atoms with Gasteiger partial charge in [0.1, 0.15) is 5.02 Å². The van der Waals surface area contributed by atoms with Gasteiger partial charge in [-0.1, -0.05) is 24.6 Å². The van der Waals surface area contributed by atoms with Crippen LogP contribution in [-0.4, -0.2) is 55.7 Å². The van der Waals surface area contributed by atoms with Crippen LogP contribution in [0.4, 0.5) is 23.1 Å². The van der Waals surface area contributed by atoms with E-state index in [9.17, 15) is 14.4 Å². The molecule has 0 radical (unpaired) electrons. The van der Waals surface area contributed by atoms with Gasteiger partial charge in [0.15, 0.2) is 5.82 Å². The molecule has 0 aliphatic carbocycles. The summed E-state index contributed by atoms with van der Waals surface area (Å²) in [6.07, 6.45) is 4.96. The Morgan fingerprint density at radius 3 is 2.69 bits per heavy atom. The second-order valence-corrected chi connectivity index (χ2v) is 12.2. The van der Waals surface area contributed by atoms with Crippen LogP contribution < -0.4 is 26.4 Å². The number of aryl methyl sites for hydroxylation is 1. The highest BCUT2D eigenvalue weighted by atomic mass is 35.5. The summed E-state index contributed by atoms with van der Waals surface area (Å²) >= 11 is 6.47. The number of H-pyrrole nitrogens is 1. The van der Waals surface area contributed by atoms with E-state index < -0.39 is 5.92 Å². The first-order valence-electron chi connectivity index (χ1n) is 15.0. The van der Waals surface area contributed by atoms with Crippen LogP contribution in [0.5, 0.6) is 0 Å². The van der Waals surface area contributed by atoms with Gasteiger partial charge in [0.05, 0.1) is 23.3 Å². The number of amides is 2. The topological polar surface area (TPSA) is 150 Å². The third kappa shape index (κ3) is 5.68. The lowest BCUT2D eigenvalue weighted by Crippen LogP contribution is -2.46. The van der Waals surface area contributed by atoms with Gasteiger partial charge in [-0.2, -0.15) is 10.1 Å². The first-order chi connectivity index (χ1) is 21.7. The minimum Gasteiger partial charge on any atom is -0.382 e. The predicted octanol–water partition coefficient (Wildman–Crippen LogP) is 4.45. The number of hydrogen-bond donors (Lipinski definition) is 4. The van der Waals surface area contributed by atoms with E-state index in [1.807, 2.05) is 37.4 Å². The van der Waals surface area contributed by atoms with Crippen LogP contribution >= 0.6 is 11.6 Å². The summed E-state index contributed by atoms with van der Waals surface area (Å²) in [5.74, 6) is 0.463. The molecule has 2 aliphatic heterocycles. The molecule has 12 nitrogen and oxygen atoms in total. The number of rotatable bonds is 6. The van der Waals surface area contributed by atoms with E-state index in [1.165, 1.54) is 0 Å². The van der Waals surface area contributed by atoms with E-state index in [4.69, 9.17) is 16.6 Å². The van der Waals surface area contributed by atoms with Crippen LogP contribution in [0.25, 0.3) is 21.7 Å². The molecule has 2 aliphatic rings. The van der Waals surface area contributed by atoms with Gasteiger partial charge >= 0.3 is 0 Å². The molecular weight excluding hydrogens is 594 g/mol. The Bertz CT molecular complexity index is 2020. The molecule has 2 saturated heterocycles. The molecule has 1 unspecified atom stereocenters. The number of aromatic nitrogens is 5. The first-order valence-corrected chi connectivity index (χ1v) is 15.3. The average Bonchev–Trinajstić information content (AvgIpc) is 3.34. The van der Waals surface area contributed by atoms with Crippen molar-refractivity contribution >= 4 is 68.2 Å². The van der Waals surface area contributed by atoms with Gasteiger partial charge in [0, 0.05) is 67.0 Å². The van der Waals surface area contributed by atoms with Crippen molar-refractivity contribution in [1.82, 2.24) is 30.0 Å². The Kier molecular flexibility index (Phi) is 7.36. The number of pyridine rings is 1. The maximum absolute atomic E-state index is 12.5. The summed E-state index contributed by atoms with van der Waals surface area (Å²) in [6, 6.07) is 13.6. The number of nitrogens with one attached hydrogen (secondary N) is 4. The van der Waals surface area contributed by atoms with Gasteiger partial charge in [-0.05, 0) is 54.5 Å². The zero-order valence-electron chi connectivity index (χ0n) is 24.8. The molecular formula is C32H32ClN9O3. The Labute approximate surface area is 263 Å². The summed E-state index contributed by atoms with van der Waals surface area (Å²) < 4.78 is 1.80. The number of fused-ring (bicyclic) bond motifs is 2. The second-order valence-electron chi connectivity index (χ2n) is 11.8. The highest BCUT2D eigenvalue weighted by Crippen LogP contribution is 2.33. The molecule has 0 saturated carbocycles. The standard InChI is InChI=1S/C32H32ClN9O3/c1-17-16-42(32-35-15-24(33)30(39-32)37-20-4-3-18-12-28(44)34-14-19(18)11-20)10-9-25(17)36-21-5-6-22-26(13-21)41(2)40-29(22)23-7-8-27(43)38-31(23)45/h3-6,11-15,17,23,25,36H,7-10,16H2,1-2H3,(H,34,44)(H,35,37,39)(H,38,43,45)/t17-,23?,25-/m1/s1. The zero-order chi connectivity index (χ0) is 31.2. The molecule has 3 atom stereocenters. The minimum absolute atomic E-state index is 0.144. The molecule has 2 fully saturated rings. The monoisotopic (exact) mass is 625 g/mol. The summed E-state index contributed by atoms with van der Waals surface area (Å²) in [5, 5.41) is 17.2. The molecule has 45 heavy (non-hydrogen) atoms. The zero-order valence-corrected chi connectivity index (χ0v) is 25.6. The number of piperidine rings is 2. The van der Waals surface area contributed by atoms with Gasteiger partial charge < -0.3 is 20.5 Å². The van der Waals surface area contributed by atoms with E-state index in [0.29, 0.717) is 41.2 Å². The van der Waals surface area contributed by atoms with Crippen LogP contribution in [-0.2, 0) is 16.6 Å². The van der Waals surface area contributed by atoms with E-state index in [-0.39, 0.29) is 23.4 Å². The summed E-state index contributed by atoms with van der Waals surface area (Å²) in [7, 11) is 1.87. The maximum Gasteiger partial charge on any atom is 0.248 e. The first kappa shape index (κ1) is 28.8. The molecule has 2 aromatic carbocycles. The summed E-state index contributed by atoms with van der Waals surface area (Å²) in [5.41, 5.74) is 3.28. The second kappa shape index (κ2) is 11.5. The normalized spacial score (nSPS) is 20.4. The molecule has 0 bridgehead atoms. The largest absolute Gasteiger partial charge is 0.382 e. The van der Waals surface area contributed by atoms with Gasteiger partial charge in [-0.25, -0.2) is 4.98 Å². The lowest BCUT2D eigenvalue weighted by Gasteiger charge is -2.37. The number of hydrogen-bond acceptors (Lipinski definition) is 9. The molecule has 0 spiro atoms. The van der Waals surface area contributed by atoms with Crippen molar-refractivity contribution < 1.29 is 9.59 Å². The van der Waals surface area contributed by atoms with Crippen molar-refractivity contribution in [3.63, 3.8) is 0 Å². The Balaban J connectivity index is 1.03. The van der Waals surface area contributed by atoms with Crippen molar-refractivity contribution in [2.24, 2.45) is 13.0 Å². The van der Waals surface area contributed by atoms with E-state index in [0.717, 1.165) is 52.6 Å². The average molecular weight is 626 g/mol. The number of carbonyl (C=O) groups excluding carboxylic acids is 2. The molecule has 13 heteroatoms. The fourth-order valence-electron chi connectivity index (χ4n) is 6.32. The van der Waals surface area contributed by atoms with Crippen LogP contribution in [0, 0.1) is 5.92 Å². The smallest absolute Gasteiger partial charge is 0.248 e. The van der Waals surface area contributed by atoms with Gasteiger partial charge in [0.25, 0.3) is 0 Å². The van der Waals surface area contributed by atoms with Crippen LogP contribution in [0.15, 0.2) is 59.7 Å². The fraction of sp³-hybridized carbons (Fsp3) is 0.312. The van der Waals surface area contributed by atoms with Crippen molar-refractivity contribution in [1.29, 1.82) is 0 Å². The van der Waals surface area contributed by atoms with Crippen molar-refractivity contribution in [3.05, 3.63) is 75.9 Å². The molecule has 5 aromatic rings. The fourth-order valence-corrected chi connectivity index (χ4v) is 6.46. The van der Waals surface area contributed by atoms with Gasteiger partial charge in [0.2, 0.25) is 23.3 Å². The number of halogens is 1. The molecule has 5 heterocycles. The Hall–Kier alpha value is -4.97. The van der Waals surface area contributed by atoms with Gasteiger partial charge in [-0.3, -0.25) is 24.4 Å². The quantitative estimate of drug-likeness (QED) is 0.201. The van der Waals surface area contributed by atoms with E-state index >= 15 is 0 Å². The summed E-state index contributed by atoms with van der Waals surface area (Å²) in [4.78, 5) is 49.9. The number of anilines is 4. The highest BCUT2D eigenvalue weighted by molar-refractivity contribution is 6.33. The van der Waals surface area contributed by atoms with Gasteiger partial charge in [-0.15, -0.1) is 0 Å². The lowest BCUT2D eigenvalue weighted by atomic mass is 9.92. The molecule has 2 amide bonds. The number of imide groups is 1. The van der Waals surface area contributed by atoms with Crippen molar-refractivity contribution in [2.75, 3.05) is 28.6 Å². The molecule has 7 rings (SSSR count). The summed E-state index contributed by atoms with van der Waals surface area (Å²) in [6.45, 7) is 3.73. The Morgan fingerprint density at radius 2 is 1.87 bits per heavy atom. The van der Waals surface area contributed by atoms with E-state index in [2.05, 4.69) is 48.9 Å². The third-order valence-corrected chi connectivity index (χ3v) is 9.00. The molecule has 3 aromatic heterocycles. The van der Waals surface area contributed by atoms with E-state index in [1.54, 1.807) is 23.1 Å². The highest BCUT2D eigenvalue weighted by Gasteiger charge is 2.32. The number of aromatic amines is 1. The van der Waals surface area contributed by atoms with Crippen LogP contribution in [0.3, 0.4) is 0 Å². The minimum atomic E-state index is -0.431. The molecule has 4 N–H and O–H groups in total. The van der Waals surface area contributed by atoms with Crippen molar-refractivity contribution in [3.8, 4) is 0 Å². The van der Waals surface area contributed by atoms with Crippen LogP contribution in [0.1, 0.15) is 37.8 Å². The Morgan fingerprint density at radius 1 is 1.02 bits per heavy atom. The lowest BCUT2D eigenvalue weighted by molar-refractivity contribution is -0.134. The predicted molar refractivity (Wildman–Crippen MR) is 174 cm³/mol. The number of carbonyl (C=O) groups is 2. The SMILES string of the molecule is C[C@@H]1CN(c2ncc(Cl)c(Nc3ccc4cc(=O)[nH]cc4c3)n2)CC[C@H]1Nc1ccc2c(C3CCC(=O)NC3=O)nn(C)c2c1. The maximum atomic E-state index is 12.5. The van der Waals surface area contributed by atoms with Crippen molar-refractivity contribution in [2.45, 2.75) is 38.1 Å². The third-order valence-electron chi connectivity index (χ3n) is 8.73. The number of nitrogens with zero attached hydrogens (tertiary/aromatic N) is 5. The number of benzene rings is 2. The van der Waals surface area contributed by atoms with Crippen LogP contribution in [0.2, 0.25) is 5.02 Å².